The average molecular weight is 615 g/mol. The van der Waals surface area contributed by atoms with E-state index in [-0.39, 0.29) is 17.5 Å². The Bertz CT molecular complexity index is 1690. The SMILES string of the molecule is O=C(Nc1nc(-c2cccc([N+](=O)[O-])c2)cs1)C(Sc1cccc(NC(=O)C2CC=CCC2C(=O)O)c1)c1ccccc1. The van der Waals surface area contributed by atoms with Gasteiger partial charge in [0.05, 0.1) is 22.5 Å². The van der Waals surface area contributed by atoms with E-state index in [1.165, 1.54) is 35.2 Å². The van der Waals surface area contributed by atoms with E-state index in [1.807, 2.05) is 42.5 Å². The number of hydrogen-bond acceptors (Lipinski definition) is 8. The summed E-state index contributed by atoms with van der Waals surface area (Å²) in [5, 5.41) is 27.8. The standard InChI is InChI=1S/C31H26N4O6S2/c36-28(24-14-4-5-15-25(24)30(38)39)32-21-11-7-13-23(17-21)43-27(19-8-2-1-3-9-19)29(37)34-31-33-26(18-42-31)20-10-6-12-22(16-20)35(40)41/h1-13,16-18,24-25,27H,14-15H2,(H,32,36)(H,38,39)(H,33,34,37). The lowest BCUT2D eigenvalue weighted by atomic mass is 9.82. The van der Waals surface area contributed by atoms with Gasteiger partial charge in [0.15, 0.2) is 5.13 Å². The molecular weight excluding hydrogens is 588 g/mol. The van der Waals surface area contributed by atoms with Crippen molar-refractivity contribution in [3.8, 4) is 11.3 Å². The second-order valence-electron chi connectivity index (χ2n) is 9.75. The Labute approximate surface area is 255 Å². The van der Waals surface area contributed by atoms with Crippen LogP contribution in [0.2, 0.25) is 0 Å². The first-order valence-electron chi connectivity index (χ1n) is 13.3. The fourth-order valence-corrected chi connectivity index (χ4v) is 6.52. The average Bonchev–Trinajstić information content (AvgIpc) is 3.49. The summed E-state index contributed by atoms with van der Waals surface area (Å²) in [6.07, 6.45) is 4.28. The van der Waals surface area contributed by atoms with Crippen molar-refractivity contribution >= 4 is 57.4 Å². The molecule has 3 N–H and O–H groups in total. The first kappa shape index (κ1) is 29.7. The molecule has 43 heavy (non-hydrogen) atoms. The van der Waals surface area contributed by atoms with Gasteiger partial charge >= 0.3 is 5.97 Å². The van der Waals surface area contributed by atoms with Crippen molar-refractivity contribution in [1.29, 1.82) is 0 Å². The van der Waals surface area contributed by atoms with E-state index in [2.05, 4.69) is 15.6 Å². The van der Waals surface area contributed by atoms with E-state index in [1.54, 1.807) is 41.8 Å². The summed E-state index contributed by atoms with van der Waals surface area (Å²) >= 11 is 2.51. The number of nitro groups is 1. The highest BCUT2D eigenvalue weighted by atomic mass is 32.2. The Morgan fingerprint density at radius 3 is 2.44 bits per heavy atom. The van der Waals surface area contributed by atoms with Gasteiger partial charge in [0.25, 0.3) is 5.69 Å². The molecule has 3 unspecified atom stereocenters. The zero-order valence-corrected chi connectivity index (χ0v) is 24.2. The molecule has 3 aromatic carbocycles. The molecule has 1 aliphatic rings. The molecule has 1 heterocycles. The number of aromatic nitrogens is 1. The fourth-order valence-electron chi connectivity index (χ4n) is 4.71. The van der Waals surface area contributed by atoms with Gasteiger partial charge in [-0.05, 0) is 36.6 Å². The highest BCUT2D eigenvalue weighted by Crippen LogP contribution is 2.38. The third-order valence-electron chi connectivity index (χ3n) is 6.87. The molecule has 0 aliphatic heterocycles. The first-order valence-corrected chi connectivity index (χ1v) is 15.1. The molecule has 4 aromatic rings. The van der Waals surface area contributed by atoms with Gasteiger partial charge in [0.2, 0.25) is 11.8 Å². The second kappa shape index (κ2) is 13.4. The number of nitrogens with zero attached hydrogens (tertiary/aromatic N) is 2. The number of benzene rings is 3. The minimum atomic E-state index is -0.997. The van der Waals surface area contributed by atoms with E-state index in [9.17, 15) is 29.6 Å². The molecule has 3 atom stereocenters. The van der Waals surface area contributed by atoms with Crippen LogP contribution < -0.4 is 10.6 Å². The minimum Gasteiger partial charge on any atom is -0.481 e. The van der Waals surface area contributed by atoms with Gasteiger partial charge in [0.1, 0.15) is 5.25 Å². The zero-order valence-electron chi connectivity index (χ0n) is 22.6. The van der Waals surface area contributed by atoms with Gasteiger partial charge in [-0.2, -0.15) is 0 Å². The second-order valence-corrected chi connectivity index (χ2v) is 11.8. The van der Waals surface area contributed by atoms with Crippen molar-refractivity contribution in [1.82, 2.24) is 4.98 Å². The molecule has 0 radical (unpaired) electrons. The fraction of sp³-hybridized carbons (Fsp3) is 0.161. The lowest BCUT2D eigenvalue weighted by Crippen LogP contribution is -2.34. The van der Waals surface area contributed by atoms with Crippen LogP contribution in [-0.4, -0.2) is 32.8 Å². The van der Waals surface area contributed by atoms with E-state index in [0.29, 0.717) is 34.9 Å². The van der Waals surface area contributed by atoms with Gasteiger partial charge in [-0.1, -0.05) is 60.7 Å². The number of allylic oxidation sites excluding steroid dienone is 2. The molecule has 0 saturated heterocycles. The number of thiazole rings is 1. The predicted molar refractivity (Wildman–Crippen MR) is 166 cm³/mol. The lowest BCUT2D eigenvalue weighted by Gasteiger charge is -2.24. The van der Waals surface area contributed by atoms with Crippen LogP contribution >= 0.6 is 23.1 Å². The molecule has 0 spiro atoms. The summed E-state index contributed by atoms with van der Waals surface area (Å²) < 4.78 is 0. The van der Waals surface area contributed by atoms with Crippen molar-refractivity contribution in [3.63, 3.8) is 0 Å². The van der Waals surface area contributed by atoms with Gasteiger partial charge in [-0.15, -0.1) is 23.1 Å². The number of carbonyl (C=O) groups is 3. The lowest BCUT2D eigenvalue weighted by molar-refractivity contribution is -0.384. The number of anilines is 2. The smallest absolute Gasteiger partial charge is 0.307 e. The number of carbonyl (C=O) groups excluding carboxylic acids is 2. The molecular formula is C31H26N4O6S2. The molecule has 1 aliphatic carbocycles. The number of rotatable bonds is 10. The van der Waals surface area contributed by atoms with Gasteiger partial charge < -0.3 is 15.7 Å². The summed E-state index contributed by atoms with van der Waals surface area (Å²) in [5.74, 6) is -3.13. The van der Waals surface area contributed by atoms with Crippen LogP contribution in [0.3, 0.4) is 0 Å². The van der Waals surface area contributed by atoms with Crippen molar-refractivity contribution in [2.45, 2.75) is 23.0 Å². The molecule has 10 nitrogen and oxygen atoms in total. The predicted octanol–water partition coefficient (Wildman–Crippen LogP) is 6.80. The Morgan fingerprint density at radius 1 is 0.953 bits per heavy atom. The van der Waals surface area contributed by atoms with Crippen LogP contribution in [0.15, 0.2) is 101 Å². The highest BCUT2D eigenvalue weighted by molar-refractivity contribution is 8.00. The summed E-state index contributed by atoms with van der Waals surface area (Å²) in [6, 6.07) is 22.4. The molecule has 5 rings (SSSR count). The third kappa shape index (κ3) is 7.34. The number of hydrogen-bond donors (Lipinski definition) is 3. The Balaban J connectivity index is 1.32. The topological polar surface area (TPSA) is 152 Å². The number of non-ortho nitro benzene ring substituents is 1. The van der Waals surface area contributed by atoms with Crippen LogP contribution in [0.4, 0.5) is 16.5 Å². The van der Waals surface area contributed by atoms with Gasteiger partial charge in [0, 0.05) is 33.7 Å². The Hall–Kier alpha value is -4.81. The molecule has 0 bridgehead atoms. The molecule has 12 heteroatoms. The number of nitro benzene ring substituents is 1. The van der Waals surface area contributed by atoms with Gasteiger partial charge in [-0.25, -0.2) is 4.98 Å². The molecule has 218 valence electrons. The number of aliphatic carboxylic acids is 1. The summed E-state index contributed by atoms with van der Waals surface area (Å²) in [7, 11) is 0. The van der Waals surface area contributed by atoms with E-state index in [4.69, 9.17) is 0 Å². The van der Waals surface area contributed by atoms with Crippen LogP contribution in [0.25, 0.3) is 11.3 Å². The Kier molecular flexibility index (Phi) is 9.28. The maximum absolute atomic E-state index is 13.6. The molecule has 0 fully saturated rings. The van der Waals surface area contributed by atoms with Crippen molar-refractivity contribution in [2.75, 3.05) is 10.6 Å². The largest absolute Gasteiger partial charge is 0.481 e. The zero-order chi connectivity index (χ0) is 30.3. The van der Waals surface area contributed by atoms with Crippen molar-refractivity contribution < 1.29 is 24.4 Å². The number of amides is 2. The van der Waals surface area contributed by atoms with Crippen molar-refractivity contribution in [2.24, 2.45) is 11.8 Å². The number of carboxylic acids is 1. The van der Waals surface area contributed by atoms with E-state index in [0.717, 1.165) is 10.5 Å². The molecule has 0 saturated carbocycles. The monoisotopic (exact) mass is 614 g/mol. The van der Waals surface area contributed by atoms with Crippen LogP contribution in [0, 0.1) is 22.0 Å². The van der Waals surface area contributed by atoms with Crippen LogP contribution in [0.5, 0.6) is 0 Å². The molecule has 1 aromatic heterocycles. The highest BCUT2D eigenvalue weighted by Gasteiger charge is 2.34. The minimum absolute atomic E-state index is 0.0488. The van der Waals surface area contributed by atoms with E-state index >= 15 is 0 Å². The van der Waals surface area contributed by atoms with Crippen LogP contribution in [0.1, 0.15) is 23.7 Å². The quantitative estimate of drug-likeness (QED) is 0.0764. The number of nitrogens with one attached hydrogen (secondary N) is 2. The maximum atomic E-state index is 13.6. The number of carboxylic acid groups (broad SMARTS) is 1. The van der Waals surface area contributed by atoms with Crippen LogP contribution in [-0.2, 0) is 14.4 Å². The summed E-state index contributed by atoms with van der Waals surface area (Å²) in [5.41, 5.74) is 2.29. The van der Waals surface area contributed by atoms with Crippen molar-refractivity contribution in [3.05, 3.63) is 112 Å². The van der Waals surface area contributed by atoms with Gasteiger partial charge in [-0.3, -0.25) is 24.5 Å². The maximum Gasteiger partial charge on any atom is 0.307 e. The van der Waals surface area contributed by atoms with E-state index < -0.39 is 28.0 Å². The Morgan fingerprint density at radius 2 is 1.70 bits per heavy atom. The summed E-state index contributed by atoms with van der Waals surface area (Å²) in [6.45, 7) is 0. The first-order chi connectivity index (χ1) is 20.8. The molecule has 2 amide bonds. The normalized spacial score (nSPS) is 16.7. The third-order valence-corrected chi connectivity index (χ3v) is 8.88. The number of thioether (sulfide) groups is 1. The summed E-state index contributed by atoms with van der Waals surface area (Å²) in [4.78, 5) is 54.1.